The van der Waals surface area contributed by atoms with E-state index in [1.165, 1.54) is 12.8 Å². The molecule has 1 heterocycles. The van der Waals surface area contributed by atoms with Crippen LogP contribution in [0.25, 0.3) is 0 Å². The van der Waals surface area contributed by atoms with Crippen molar-refractivity contribution in [1.82, 2.24) is 10.2 Å². The highest BCUT2D eigenvalue weighted by molar-refractivity contribution is 7.91. The van der Waals surface area contributed by atoms with E-state index in [-0.39, 0.29) is 0 Å². The number of hydrogen-bond donors (Lipinski definition) is 1. The fourth-order valence-electron chi connectivity index (χ4n) is 3.17. The van der Waals surface area contributed by atoms with Crippen LogP contribution in [0.15, 0.2) is 0 Å². The smallest absolute Gasteiger partial charge is 0.151 e. The first-order valence-corrected chi connectivity index (χ1v) is 9.93. The van der Waals surface area contributed by atoms with Crippen LogP contribution >= 0.6 is 0 Å². The average Bonchev–Trinajstić information content (AvgIpc) is 3.20. The third kappa shape index (κ3) is 4.43. The van der Waals surface area contributed by atoms with Crippen LogP contribution in [0.1, 0.15) is 40.0 Å². The highest BCUT2D eigenvalue weighted by atomic mass is 32.2. The van der Waals surface area contributed by atoms with E-state index in [4.69, 9.17) is 0 Å². The van der Waals surface area contributed by atoms with Crippen molar-refractivity contribution in [3.63, 3.8) is 0 Å². The van der Waals surface area contributed by atoms with E-state index in [1.807, 2.05) is 6.92 Å². The van der Waals surface area contributed by atoms with Crippen molar-refractivity contribution in [2.24, 2.45) is 11.8 Å². The molecule has 0 aromatic heterocycles. The SMILES string of the molecule is CCCS(=O)(=O)CCN1CC(C(C)C)NCC1C1CC1. The molecule has 1 N–H and O–H groups in total. The van der Waals surface area contributed by atoms with Gasteiger partial charge in [0.15, 0.2) is 9.84 Å². The summed E-state index contributed by atoms with van der Waals surface area (Å²) in [7, 11) is -2.86. The van der Waals surface area contributed by atoms with Crippen molar-refractivity contribution in [2.75, 3.05) is 31.1 Å². The summed E-state index contributed by atoms with van der Waals surface area (Å²) in [5.41, 5.74) is 0. The zero-order chi connectivity index (χ0) is 14.8. The largest absolute Gasteiger partial charge is 0.311 e. The van der Waals surface area contributed by atoms with E-state index in [0.717, 1.165) is 25.4 Å². The first kappa shape index (κ1) is 16.2. The summed E-state index contributed by atoms with van der Waals surface area (Å²) >= 11 is 0. The minimum Gasteiger partial charge on any atom is -0.311 e. The van der Waals surface area contributed by atoms with Crippen LogP contribution in [0.2, 0.25) is 0 Å². The van der Waals surface area contributed by atoms with Crippen molar-refractivity contribution < 1.29 is 8.42 Å². The van der Waals surface area contributed by atoms with Gasteiger partial charge in [-0.25, -0.2) is 8.42 Å². The van der Waals surface area contributed by atoms with Crippen LogP contribution in [0, 0.1) is 11.8 Å². The molecule has 0 spiro atoms. The molecule has 5 heteroatoms. The van der Waals surface area contributed by atoms with Crippen LogP contribution in [-0.4, -0.2) is 56.5 Å². The topological polar surface area (TPSA) is 49.4 Å². The number of nitrogens with one attached hydrogen (secondary N) is 1. The molecule has 2 atom stereocenters. The lowest BCUT2D eigenvalue weighted by Gasteiger charge is -2.42. The van der Waals surface area contributed by atoms with Crippen LogP contribution in [0.3, 0.4) is 0 Å². The minimum atomic E-state index is -2.86. The van der Waals surface area contributed by atoms with E-state index in [1.54, 1.807) is 0 Å². The predicted molar refractivity (Wildman–Crippen MR) is 83.7 cm³/mol. The van der Waals surface area contributed by atoms with E-state index in [0.29, 0.717) is 36.1 Å². The summed E-state index contributed by atoms with van der Waals surface area (Å²) in [6, 6.07) is 1.06. The predicted octanol–water partition coefficient (Wildman–Crippen LogP) is 1.52. The Morgan fingerprint density at radius 1 is 1.25 bits per heavy atom. The standard InChI is InChI=1S/C15H30N2O2S/c1-4-8-20(18,19)9-7-17-11-14(12(2)3)16-10-15(17)13-5-6-13/h12-16H,4-11H2,1-3H3. The fraction of sp³-hybridized carbons (Fsp3) is 1.00. The maximum Gasteiger partial charge on any atom is 0.151 e. The second-order valence-electron chi connectivity index (χ2n) is 6.81. The molecule has 1 aliphatic heterocycles. The van der Waals surface area contributed by atoms with Gasteiger partial charge >= 0.3 is 0 Å². The van der Waals surface area contributed by atoms with Gasteiger partial charge in [0, 0.05) is 37.5 Å². The Labute approximate surface area is 124 Å². The van der Waals surface area contributed by atoms with Crippen LogP contribution < -0.4 is 5.32 Å². The molecule has 1 saturated carbocycles. The van der Waals surface area contributed by atoms with Crippen LogP contribution in [-0.2, 0) is 9.84 Å². The van der Waals surface area contributed by atoms with Gasteiger partial charge in [0.1, 0.15) is 0 Å². The molecule has 4 nitrogen and oxygen atoms in total. The third-order valence-electron chi connectivity index (χ3n) is 4.66. The molecule has 0 bridgehead atoms. The summed E-state index contributed by atoms with van der Waals surface area (Å²) in [6.07, 6.45) is 3.36. The number of rotatable bonds is 7. The monoisotopic (exact) mass is 302 g/mol. The number of nitrogens with zero attached hydrogens (tertiary/aromatic N) is 1. The van der Waals surface area contributed by atoms with Gasteiger partial charge in [-0.2, -0.15) is 0 Å². The second kappa shape index (κ2) is 6.75. The highest BCUT2D eigenvalue weighted by Crippen LogP contribution is 2.36. The lowest BCUT2D eigenvalue weighted by molar-refractivity contribution is 0.106. The van der Waals surface area contributed by atoms with E-state index < -0.39 is 9.84 Å². The molecular formula is C15H30N2O2S. The Hall–Kier alpha value is -0.130. The summed E-state index contributed by atoms with van der Waals surface area (Å²) in [6.45, 7) is 9.16. The molecule has 0 amide bonds. The minimum absolute atomic E-state index is 0.328. The summed E-state index contributed by atoms with van der Waals surface area (Å²) in [5.74, 6) is 2.06. The van der Waals surface area contributed by atoms with E-state index in [9.17, 15) is 8.42 Å². The van der Waals surface area contributed by atoms with Gasteiger partial charge in [-0.1, -0.05) is 20.8 Å². The van der Waals surface area contributed by atoms with E-state index in [2.05, 4.69) is 24.1 Å². The number of sulfone groups is 1. The molecule has 2 fully saturated rings. The molecule has 1 aliphatic carbocycles. The van der Waals surface area contributed by atoms with E-state index >= 15 is 0 Å². The Morgan fingerprint density at radius 3 is 2.50 bits per heavy atom. The lowest BCUT2D eigenvalue weighted by Crippen LogP contribution is -2.59. The maximum atomic E-state index is 11.9. The molecule has 2 aliphatic rings. The molecule has 0 aromatic carbocycles. The first-order chi connectivity index (χ1) is 9.43. The third-order valence-corrected chi connectivity index (χ3v) is 6.50. The quantitative estimate of drug-likeness (QED) is 0.775. The molecule has 0 aromatic rings. The zero-order valence-corrected chi connectivity index (χ0v) is 14.0. The molecule has 2 rings (SSSR count). The average molecular weight is 302 g/mol. The Balaban J connectivity index is 1.93. The Morgan fingerprint density at radius 2 is 1.95 bits per heavy atom. The Kier molecular flexibility index (Phi) is 5.49. The number of piperazine rings is 1. The molecule has 1 saturated heterocycles. The summed E-state index contributed by atoms with van der Waals surface area (Å²) in [5, 5.41) is 3.65. The van der Waals surface area contributed by atoms with Gasteiger partial charge in [-0.3, -0.25) is 4.90 Å². The molecule has 0 radical (unpaired) electrons. The lowest BCUT2D eigenvalue weighted by atomic mass is 9.97. The normalized spacial score (nSPS) is 29.0. The number of hydrogen-bond acceptors (Lipinski definition) is 4. The van der Waals surface area contributed by atoms with Gasteiger partial charge in [-0.05, 0) is 31.1 Å². The Bertz CT molecular complexity index is 404. The molecule has 118 valence electrons. The van der Waals surface area contributed by atoms with Crippen LogP contribution in [0.4, 0.5) is 0 Å². The van der Waals surface area contributed by atoms with Gasteiger partial charge in [0.05, 0.1) is 5.75 Å². The molecular weight excluding hydrogens is 272 g/mol. The second-order valence-corrected chi connectivity index (χ2v) is 9.11. The van der Waals surface area contributed by atoms with Crippen molar-refractivity contribution in [3.05, 3.63) is 0 Å². The maximum absolute atomic E-state index is 11.9. The van der Waals surface area contributed by atoms with Crippen molar-refractivity contribution in [3.8, 4) is 0 Å². The van der Waals surface area contributed by atoms with Crippen molar-refractivity contribution in [1.29, 1.82) is 0 Å². The summed E-state index contributed by atoms with van der Waals surface area (Å²) in [4.78, 5) is 2.45. The van der Waals surface area contributed by atoms with Gasteiger partial charge in [-0.15, -0.1) is 0 Å². The highest BCUT2D eigenvalue weighted by Gasteiger charge is 2.39. The molecule has 2 unspecified atom stereocenters. The van der Waals surface area contributed by atoms with Gasteiger partial charge < -0.3 is 5.32 Å². The van der Waals surface area contributed by atoms with Gasteiger partial charge in [0.2, 0.25) is 0 Å². The first-order valence-electron chi connectivity index (χ1n) is 8.11. The van der Waals surface area contributed by atoms with Crippen molar-refractivity contribution in [2.45, 2.75) is 52.1 Å². The fourth-order valence-corrected chi connectivity index (χ4v) is 4.51. The van der Waals surface area contributed by atoms with Crippen LogP contribution in [0.5, 0.6) is 0 Å². The van der Waals surface area contributed by atoms with Crippen molar-refractivity contribution >= 4 is 9.84 Å². The van der Waals surface area contributed by atoms with Gasteiger partial charge in [0.25, 0.3) is 0 Å². The summed E-state index contributed by atoms with van der Waals surface area (Å²) < 4.78 is 23.9. The molecule has 20 heavy (non-hydrogen) atoms. The zero-order valence-electron chi connectivity index (χ0n) is 13.1.